The average molecular weight is 174 g/mol. The Morgan fingerprint density at radius 3 is 2.92 bits per heavy atom. The fourth-order valence-corrected chi connectivity index (χ4v) is 1.19. The molecule has 0 saturated heterocycles. The molecule has 1 aromatic carbocycles. The fourth-order valence-electron chi connectivity index (χ4n) is 1.19. The summed E-state index contributed by atoms with van der Waals surface area (Å²) in [4.78, 5) is 1.98. The van der Waals surface area contributed by atoms with Gasteiger partial charge >= 0.3 is 0 Å². The number of benzene rings is 1. The summed E-state index contributed by atoms with van der Waals surface area (Å²) in [5.74, 6) is 0. The standard InChI is InChI=1S/C9H10N4/c10-8-2-1-3-9(6-8)13-5-4-11-12-7-13/h1-4,6-7H,5,10H2. The maximum absolute atomic E-state index is 5.66. The molecule has 0 unspecified atom stereocenters. The van der Waals surface area contributed by atoms with E-state index >= 15 is 0 Å². The molecule has 0 aliphatic carbocycles. The van der Waals surface area contributed by atoms with E-state index in [9.17, 15) is 0 Å². The van der Waals surface area contributed by atoms with Crippen molar-refractivity contribution in [2.24, 2.45) is 10.2 Å². The number of nitrogens with two attached hydrogens (primary N) is 1. The second-order valence-electron chi connectivity index (χ2n) is 2.78. The van der Waals surface area contributed by atoms with Gasteiger partial charge in [0, 0.05) is 17.6 Å². The lowest BCUT2D eigenvalue weighted by atomic mass is 10.2. The topological polar surface area (TPSA) is 54.0 Å². The van der Waals surface area contributed by atoms with E-state index in [1.807, 2.05) is 29.2 Å². The molecule has 1 aliphatic rings. The summed E-state index contributed by atoms with van der Waals surface area (Å²) in [5.41, 5.74) is 7.46. The van der Waals surface area contributed by atoms with Gasteiger partial charge in [0.25, 0.3) is 0 Å². The predicted octanol–water partition coefficient (Wildman–Crippen LogP) is 1.10. The van der Waals surface area contributed by atoms with E-state index in [1.165, 1.54) is 0 Å². The van der Waals surface area contributed by atoms with Gasteiger partial charge in [-0.15, -0.1) is 5.10 Å². The Kier molecular flexibility index (Phi) is 1.96. The van der Waals surface area contributed by atoms with E-state index in [1.54, 1.807) is 12.6 Å². The number of hydrogen-bond acceptors (Lipinski definition) is 4. The van der Waals surface area contributed by atoms with Crippen LogP contribution in [-0.2, 0) is 0 Å². The first-order chi connectivity index (χ1) is 6.36. The summed E-state index contributed by atoms with van der Waals surface area (Å²) in [5, 5.41) is 7.54. The molecule has 0 atom stereocenters. The van der Waals surface area contributed by atoms with Crippen LogP contribution in [0.5, 0.6) is 0 Å². The van der Waals surface area contributed by atoms with Crippen molar-refractivity contribution >= 4 is 23.9 Å². The third kappa shape index (κ3) is 1.66. The average Bonchev–Trinajstić information content (AvgIpc) is 2.19. The van der Waals surface area contributed by atoms with Crippen LogP contribution in [0.3, 0.4) is 0 Å². The number of nitrogens with zero attached hydrogens (tertiary/aromatic N) is 3. The van der Waals surface area contributed by atoms with E-state index in [4.69, 9.17) is 5.73 Å². The van der Waals surface area contributed by atoms with Gasteiger partial charge in [-0.2, -0.15) is 5.10 Å². The fraction of sp³-hybridized carbons (Fsp3) is 0.111. The molecule has 2 rings (SSSR count). The Morgan fingerprint density at radius 1 is 1.31 bits per heavy atom. The molecule has 0 aromatic heterocycles. The van der Waals surface area contributed by atoms with Crippen molar-refractivity contribution in [3.8, 4) is 0 Å². The monoisotopic (exact) mass is 174 g/mol. The van der Waals surface area contributed by atoms with E-state index in [2.05, 4.69) is 10.2 Å². The van der Waals surface area contributed by atoms with Crippen LogP contribution in [-0.4, -0.2) is 19.1 Å². The van der Waals surface area contributed by atoms with Crippen molar-refractivity contribution in [2.45, 2.75) is 0 Å². The van der Waals surface area contributed by atoms with E-state index in [0.29, 0.717) is 0 Å². The van der Waals surface area contributed by atoms with Crippen LogP contribution < -0.4 is 10.6 Å². The summed E-state index contributed by atoms with van der Waals surface area (Å²) in [6.07, 6.45) is 3.44. The largest absolute Gasteiger partial charge is 0.399 e. The molecular weight excluding hydrogens is 164 g/mol. The molecule has 0 bridgehead atoms. The Hall–Kier alpha value is -1.84. The summed E-state index contributed by atoms with van der Waals surface area (Å²) < 4.78 is 0. The second kappa shape index (κ2) is 3.26. The van der Waals surface area contributed by atoms with Gasteiger partial charge in [0.05, 0.1) is 6.54 Å². The zero-order valence-electron chi connectivity index (χ0n) is 7.09. The molecule has 1 aromatic rings. The first-order valence-electron chi connectivity index (χ1n) is 4.03. The highest BCUT2D eigenvalue weighted by molar-refractivity contribution is 5.87. The Morgan fingerprint density at radius 2 is 2.23 bits per heavy atom. The first-order valence-corrected chi connectivity index (χ1v) is 4.03. The molecule has 1 aliphatic heterocycles. The minimum atomic E-state index is 0.743. The highest BCUT2D eigenvalue weighted by Crippen LogP contribution is 2.16. The maximum Gasteiger partial charge on any atom is 0.118 e. The third-order valence-corrected chi connectivity index (χ3v) is 1.82. The van der Waals surface area contributed by atoms with Gasteiger partial charge in [-0.3, -0.25) is 0 Å². The Balaban J connectivity index is 2.25. The predicted molar refractivity (Wildman–Crippen MR) is 55.2 cm³/mol. The van der Waals surface area contributed by atoms with Gasteiger partial charge < -0.3 is 10.6 Å². The van der Waals surface area contributed by atoms with Crippen LogP contribution in [0.15, 0.2) is 34.5 Å². The molecule has 2 N–H and O–H groups in total. The second-order valence-corrected chi connectivity index (χ2v) is 2.78. The smallest absolute Gasteiger partial charge is 0.118 e. The van der Waals surface area contributed by atoms with E-state index in [-0.39, 0.29) is 0 Å². The molecule has 4 heteroatoms. The molecule has 0 saturated carbocycles. The molecule has 0 spiro atoms. The highest BCUT2D eigenvalue weighted by atomic mass is 15.3. The van der Waals surface area contributed by atoms with Gasteiger partial charge in [-0.05, 0) is 18.2 Å². The zero-order chi connectivity index (χ0) is 9.10. The molecule has 0 amide bonds. The van der Waals surface area contributed by atoms with E-state index < -0.39 is 0 Å². The molecule has 66 valence electrons. The van der Waals surface area contributed by atoms with Gasteiger partial charge in [-0.25, -0.2) is 0 Å². The van der Waals surface area contributed by atoms with Crippen molar-refractivity contribution in [3.63, 3.8) is 0 Å². The van der Waals surface area contributed by atoms with Gasteiger partial charge in [0.15, 0.2) is 0 Å². The molecule has 4 nitrogen and oxygen atoms in total. The number of nitrogen functional groups attached to an aromatic ring is 1. The van der Waals surface area contributed by atoms with Gasteiger partial charge in [0.1, 0.15) is 6.34 Å². The highest BCUT2D eigenvalue weighted by Gasteiger charge is 2.04. The first kappa shape index (κ1) is 7.79. The number of rotatable bonds is 1. The Labute approximate surface area is 76.4 Å². The molecular formula is C9H10N4. The van der Waals surface area contributed by atoms with Crippen LogP contribution in [0.2, 0.25) is 0 Å². The van der Waals surface area contributed by atoms with Crippen molar-refractivity contribution in [3.05, 3.63) is 24.3 Å². The van der Waals surface area contributed by atoms with Crippen LogP contribution in [0.25, 0.3) is 0 Å². The minimum absolute atomic E-state index is 0.743. The zero-order valence-corrected chi connectivity index (χ0v) is 7.09. The van der Waals surface area contributed by atoms with Crippen molar-refractivity contribution in [1.29, 1.82) is 0 Å². The lowest BCUT2D eigenvalue weighted by Crippen LogP contribution is -2.25. The minimum Gasteiger partial charge on any atom is -0.399 e. The third-order valence-electron chi connectivity index (χ3n) is 1.82. The van der Waals surface area contributed by atoms with Crippen LogP contribution in [0, 0.1) is 0 Å². The van der Waals surface area contributed by atoms with Crippen LogP contribution in [0.1, 0.15) is 0 Å². The molecule has 13 heavy (non-hydrogen) atoms. The lowest BCUT2D eigenvalue weighted by Gasteiger charge is -2.18. The maximum atomic E-state index is 5.66. The van der Waals surface area contributed by atoms with Crippen molar-refractivity contribution in [2.75, 3.05) is 17.2 Å². The summed E-state index contributed by atoms with van der Waals surface area (Å²) in [7, 11) is 0. The van der Waals surface area contributed by atoms with Gasteiger partial charge in [0.2, 0.25) is 0 Å². The lowest BCUT2D eigenvalue weighted by molar-refractivity contribution is 1.11. The van der Waals surface area contributed by atoms with Gasteiger partial charge in [-0.1, -0.05) is 6.07 Å². The molecule has 0 radical (unpaired) electrons. The van der Waals surface area contributed by atoms with E-state index in [0.717, 1.165) is 17.9 Å². The van der Waals surface area contributed by atoms with Crippen molar-refractivity contribution in [1.82, 2.24) is 0 Å². The van der Waals surface area contributed by atoms with Crippen LogP contribution in [0.4, 0.5) is 11.4 Å². The number of hydrogen-bond donors (Lipinski definition) is 1. The normalized spacial score (nSPS) is 14.9. The SMILES string of the molecule is Nc1cccc(N2C=NN=CC2)c1. The van der Waals surface area contributed by atoms with Crippen molar-refractivity contribution < 1.29 is 0 Å². The number of anilines is 2. The summed E-state index contributed by atoms with van der Waals surface area (Å²) >= 11 is 0. The molecule has 1 heterocycles. The Bertz CT molecular complexity index is 356. The quantitative estimate of drug-likeness (QED) is 0.648. The summed E-state index contributed by atoms with van der Waals surface area (Å²) in [6.45, 7) is 0.743. The summed E-state index contributed by atoms with van der Waals surface area (Å²) in [6, 6.07) is 7.68. The van der Waals surface area contributed by atoms with Crippen LogP contribution >= 0.6 is 0 Å². The molecule has 0 fully saturated rings.